The van der Waals surface area contributed by atoms with Crippen LogP contribution in [0.25, 0.3) is 0 Å². The molecule has 24 heavy (non-hydrogen) atoms. The van der Waals surface area contributed by atoms with Crippen LogP contribution in [0.2, 0.25) is 0 Å². The fourth-order valence-electron chi connectivity index (χ4n) is 2.86. The first kappa shape index (κ1) is 17.0. The van der Waals surface area contributed by atoms with Crippen LogP contribution < -0.4 is 0 Å². The number of alkyl halides is 1. The largest absolute Gasteiger partial charge is 0.388 e. The molecule has 0 unspecified atom stereocenters. The van der Waals surface area contributed by atoms with Gasteiger partial charge in [0.1, 0.15) is 18.3 Å². The molecule has 4 atom stereocenters. The first-order valence-corrected chi connectivity index (χ1v) is 7.52. The van der Waals surface area contributed by atoms with Crippen molar-refractivity contribution in [2.45, 2.75) is 44.2 Å². The van der Waals surface area contributed by atoms with E-state index >= 15 is 0 Å². The number of nitrogens with zero attached hydrogens (tertiary/aromatic N) is 1. The lowest BCUT2D eigenvalue weighted by molar-refractivity contribution is -0.323. The third kappa shape index (κ3) is 2.71. The summed E-state index contributed by atoms with van der Waals surface area (Å²) in [5.41, 5.74) is 0.150. The summed E-state index contributed by atoms with van der Waals surface area (Å²) in [6, 6.07) is 5.95. The van der Waals surface area contributed by atoms with Gasteiger partial charge in [-0.3, -0.25) is 9.59 Å². The minimum absolute atomic E-state index is 0.0751. The Morgan fingerprint density at radius 3 is 2.33 bits per heavy atom. The lowest BCUT2D eigenvalue weighted by Gasteiger charge is -2.42. The van der Waals surface area contributed by atoms with E-state index in [-0.39, 0.29) is 17.7 Å². The summed E-state index contributed by atoms with van der Waals surface area (Å²) in [6.45, 7) is 2.94. The summed E-state index contributed by atoms with van der Waals surface area (Å²) in [5.74, 6) is -2.79. The van der Waals surface area contributed by atoms with Crippen molar-refractivity contribution in [3.05, 3.63) is 35.4 Å². The second-order valence-electron chi connectivity index (χ2n) is 6.25. The van der Waals surface area contributed by atoms with Gasteiger partial charge in [0.05, 0.1) is 17.7 Å². The predicted octanol–water partition coefficient (Wildman–Crippen LogP) is 0.451. The highest BCUT2D eigenvalue weighted by atomic mass is 19.1. The standard InChI is InChI=1S/C16H18FNO6/c1-16(2)23-7-10(19)12(24-16)11(20)13(17)18-14(21)8-5-3-4-6-9(8)15(18)22/h3-6,10-13,19-20H,7H2,1-2H3/t10-,11-,12-,13-/m1/s1. The van der Waals surface area contributed by atoms with Crippen LogP contribution in [0.3, 0.4) is 0 Å². The average Bonchev–Trinajstić information content (AvgIpc) is 2.80. The number of carbonyl (C=O) groups is 2. The fourth-order valence-corrected chi connectivity index (χ4v) is 2.86. The molecule has 2 aliphatic heterocycles. The second kappa shape index (κ2) is 5.89. The van der Waals surface area contributed by atoms with Gasteiger partial charge in [-0.2, -0.15) is 0 Å². The molecule has 0 bridgehead atoms. The lowest BCUT2D eigenvalue weighted by Crippen LogP contribution is -2.58. The molecule has 0 saturated carbocycles. The molecule has 0 radical (unpaired) electrons. The number of hydrogen-bond acceptors (Lipinski definition) is 6. The Labute approximate surface area is 137 Å². The predicted molar refractivity (Wildman–Crippen MR) is 78.8 cm³/mol. The normalized spacial score (nSPS) is 28.6. The molecule has 2 aliphatic rings. The fraction of sp³-hybridized carbons (Fsp3) is 0.500. The summed E-state index contributed by atoms with van der Waals surface area (Å²) in [4.78, 5) is 24.9. The van der Waals surface area contributed by atoms with E-state index in [1.807, 2.05) is 0 Å². The Kier molecular flexibility index (Phi) is 4.16. The molecule has 3 rings (SSSR count). The summed E-state index contributed by atoms with van der Waals surface area (Å²) in [6.07, 6.45) is -6.90. The molecule has 2 amide bonds. The Hall–Kier alpha value is -1.87. The van der Waals surface area contributed by atoms with Crippen molar-refractivity contribution in [3.63, 3.8) is 0 Å². The number of imide groups is 1. The van der Waals surface area contributed by atoms with Crippen LogP contribution in [0.1, 0.15) is 34.6 Å². The molecule has 0 spiro atoms. The maximum atomic E-state index is 14.8. The molecule has 1 aromatic carbocycles. The number of aliphatic hydroxyl groups excluding tert-OH is 2. The van der Waals surface area contributed by atoms with Crippen molar-refractivity contribution < 1.29 is 33.7 Å². The van der Waals surface area contributed by atoms with Crippen molar-refractivity contribution >= 4 is 11.8 Å². The SMILES string of the molecule is CC1(C)OC[C@@H](O)[C@H]([C@@H](O)[C@H](F)N2C(=O)c3ccccc3C2=O)O1. The zero-order chi connectivity index (χ0) is 17.6. The maximum Gasteiger partial charge on any atom is 0.264 e. The number of benzene rings is 1. The summed E-state index contributed by atoms with van der Waals surface area (Å²) in [5, 5.41) is 20.2. The monoisotopic (exact) mass is 339 g/mol. The number of fused-ring (bicyclic) bond motifs is 1. The molecule has 1 fully saturated rings. The van der Waals surface area contributed by atoms with Gasteiger partial charge in [0.2, 0.25) is 6.30 Å². The van der Waals surface area contributed by atoms with Gasteiger partial charge < -0.3 is 19.7 Å². The van der Waals surface area contributed by atoms with Gasteiger partial charge in [-0.25, -0.2) is 9.29 Å². The van der Waals surface area contributed by atoms with Gasteiger partial charge in [0.25, 0.3) is 11.8 Å². The quantitative estimate of drug-likeness (QED) is 0.613. The summed E-state index contributed by atoms with van der Waals surface area (Å²) >= 11 is 0. The smallest absolute Gasteiger partial charge is 0.264 e. The number of aliphatic hydroxyl groups is 2. The first-order chi connectivity index (χ1) is 11.2. The van der Waals surface area contributed by atoms with E-state index in [4.69, 9.17) is 9.47 Å². The molecule has 0 aromatic heterocycles. The highest BCUT2D eigenvalue weighted by Gasteiger charge is 2.49. The van der Waals surface area contributed by atoms with E-state index in [2.05, 4.69) is 0 Å². The molecule has 7 nitrogen and oxygen atoms in total. The number of halogens is 1. The second-order valence-corrected chi connectivity index (χ2v) is 6.25. The van der Waals surface area contributed by atoms with E-state index in [1.54, 1.807) is 26.0 Å². The van der Waals surface area contributed by atoms with Gasteiger partial charge in [0.15, 0.2) is 5.79 Å². The van der Waals surface area contributed by atoms with Gasteiger partial charge in [-0.15, -0.1) is 0 Å². The molecule has 1 aromatic rings. The van der Waals surface area contributed by atoms with Gasteiger partial charge in [-0.1, -0.05) is 12.1 Å². The van der Waals surface area contributed by atoms with Gasteiger partial charge in [-0.05, 0) is 26.0 Å². The van der Waals surface area contributed by atoms with E-state index in [0.29, 0.717) is 4.90 Å². The minimum Gasteiger partial charge on any atom is -0.388 e. The van der Waals surface area contributed by atoms with E-state index in [0.717, 1.165) is 0 Å². The number of hydrogen-bond donors (Lipinski definition) is 2. The third-order valence-corrected chi connectivity index (χ3v) is 4.09. The molecule has 2 heterocycles. The summed E-state index contributed by atoms with van der Waals surface area (Å²) < 4.78 is 25.3. The zero-order valence-electron chi connectivity index (χ0n) is 13.2. The third-order valence-electron chi connectivity index (χ3n) is 4.09. The van der Waals surface area contributed by atoms with E-state index in [1.165, 1.54) is 12.1 Å². The highest BCUT2D eigenvalue weighted by Crippen LogP contribution is 2.30. The number of amides is 2. The van der Waals surface area contributed by atoms with Crippen molar-refractivity contribution in [3.8, 4) is 0 Å². The highest BCUT2D eigenvalue weighted by molar-refractivity contribution is 6.21. The van der Waals surface area contributed by atoms with Gasteiger partial charge >= 0.3 is 0 Å². The van der Waals surface area contributed by atoms with Crippen LogP contribution in [0.4, 0.5) is 4.39 Å². The number of rotatable bonds is 3. The van der Waals surface area contributed by atoms with Crippen molar-refractivity contribution in [2.24, 2.45) is 0 Å². The van der Waals surface area contributed by atoms with Crippen LogP contribution in [0, 0.1) is 0 Å². The van der Waals surface area contributed by atoms with Crippen molar-refractivity contribution in [2.75, 3.05) is 6.61 Å². The number of carbonyl (C=O) groups excluding carboxylic acids is 2. The van der Waals surface area contributed by atoms with E-state index in [9.17, 15) is 24.2 Å². The Balaban J connectivity index is 1.83. The molecule has 0 aliphatic carbocycles. The molecule has 2 N–H and O–H groups in total. The number of ether oxygens (including phenoxy) is 2. The zero-order valence-corrected chi connectivity index (χ0v) is 13.2. The lowest BCUT2D eigenvalue weighted by atomic mass is 10.0. The first-order valence-electron chi connectivity index (χ1n) is 7.52. The van der Waals surface area contributed by atoms with Crippen LogP contribution in [0.5, 0.6) is 0 Å². The Morgan fingerprint density at radius 1 is 1.25 bits per heavy atom. The van der Waals surface area contributed by atoms with Crippen LogP contribution in [-0.4, -0.2) is 63.9 Å². The Morgan fingerprint density at radius 2 is 1.79 bits per heavy atom. The molecule has 130 valence electrons. The molecular weight excluding hydrogens is 321 g/mol. The van der Waals surface area contributed by atoms with Crippen molar-refractivity contribution in [1.29, 1.82) is 0 Å². The van der Waals surface area contributed by atoms with Crippen molar-refractivity contribution in [1.82, 2.24) is 4.90 Å². The topological polar surface area (TPSA) is 96.3 Å². The van der Waals surface area contributed by atoms with Gasteiger partial charge in [0, 0.05) is 0 Å². The van der Waals surface area contributed by atoms with Crippen LogP contribution >= 0.6 is 0 Å². The van der Waals surface area contributed by atoms with Crippen LogP contribution in [0.15, 0.2) is 24.3 Å². The molecule has 8 heteroatoms. The van der Waals surface area contributed by atoms with Crippen LogP contribution in [-0.2, 0) is 9.47 Å². The summed E-state index contributed by atoms with van der Waals surface area (Å²) in [7, 11) is 0. The Bertz CT molecular complexity index is 643. The maximum absolute atomic E-state index is 14.8. The van der Waals surface area contributed by atoms with E-state index < -0.39 is 42.2 Å². The molecular formula is C16H18FNO6. The minimum atomic E-state index is -2.36. The molecule has 1 saturated heterocycles. The average molecular weight is 339 g/mol.